The van der Waals surface area contributed by atoms with Crippen molar-refractivity contribution in [1.82, 2.24) is 4.90 Å². The van der Waals surface area contributed by atoms with Crippen LogP contribution in [-0.2, 0) is 9.59 Å². The van der Waals surface area contributed by atoms with Gasteiger partial charge in [0.25, 0.3) is 11.1 Å². The van der Waals surface area contributed by atoms with Crippen molar-refractivity contribution in [1.29, 1.82) is 0 Å². The van der Waals surface area contributed by atoms with E-state index in [0.717, 1.165) is 21.1 Å². The van der Waals surface area contributed by atoms with Gasteiger partial charge in [-0.15, -0.1) is 0 Å². The van der Waals surface area contributed by atoms with Gasteiger partial charge in [-0.05, 0) is 82.7 Å². The van der Waals surface area contributed by atoms with E-state index in [2.05, 4.69) is 37.2 Å². The molecule has 0 atom stereocenters. The minimum atomic E-state index is -0.523. The molecular weight excluding hydrogens is 552 g/mol. The molecule has 10 heteroatoms. The Kier molecular flexibility index (Phi) is 7.79. The first-order valence-corrected chi connectivity index (χ1v) is 11.5. The van der Waals surface area contributed by atoms with Crippen molar-refractivity contribution < 1.29 is 23.9 Å². The van der Waals surface area contributed by atoms with Crippen molar-refractivity contribution in [2.75, 3.05) is 25.6 Å². The molecule has 7 nitrogen and oxygen atoms in total. The Morgan fingerprint density at radius 2 is 1.90 bits per heavy atom. The highest BCUT2D eigenvalue weighted by Gasteiger charge is 2.36. The summed E-state index contributed by atoms with van der Waals surface area (Å²) in [6, 6.07) is 10.5. The lowest BCUT2D eigenvalue weighted by molar-refractivity contribution is -0.127. The van der Waals surface area contributed by atoms with E-state index < -0.39 is 17.1 Å². The van der Waals surface area contributed by atoms with Gasteiger partial charge >= 0.3 is 0 Å². The van der Waals surface area contributed by atoms with E-state index in [1.807, 2.05) is 6.92 Å². The highest BCUT2D eigenvalue weighted by atomic mass is 79.9. The molecular formula is C21H18Br2N2O5S. The number of anilines is 1. The Morgan fingerprint density at radius 3 is 2.55 bits per heavy atom. The molecule has 1 saturated heterocycles. The first kappa shape index (κ1) is 23.4. The lowest BCUT2D eigenvalue weighted by Gasteiger charge is -2.13. The molecule has 0 bridgehead atoms. The molecule has 0 saturated carbocycles. The standard InChI is InChI=1S/C21H18Br2N2O5S/c1-3-30-19-15(23)8-12(9-16(19)29-2)10-17-20(27)25(21(28)31-17)11-18(26)24-14-6-4-13(22)5-7-14/h4-10H,3,11H2,1-2H3,(H,24,26)/b17-10+. The predicted molar refractivity (Wildman–Crippen MR) is 127 cm³/mol. The number of carbonyl (C=O) groups excluding carboxylic acids is 3. The second-order valence-electron chi connectivity index (χ2n) is 6.29. The van der Waals surface area contributed by atoms with E-state index in [1.54, 1.807) is 42.5 Å². The van der Waals surface area contributed by atoms with Crippen LogP contribution in [-0.4, -0.2) is 42.2 Å². The molecule has 1 fully saturated rings. The smallest absolute Gasteiger partial charge is 0.294 e. The number of ether oxygens (including phenoxy) is 2. The normalized spacial score (nSPS) is 14.8. The van der Waals surface area contributed by atoms with Crippen LogP contribution < -0.4 is 14.8 Å². The fraction of sp³-hybridized carbons (Fsp3) is 0.190. The summed E-state index contributed by atoms with van der Waals surface area (Å²) in [5.41, 5.74) is 1.22. The molecule has 0 aromatic heterocycles. The van der Waals surface area contributed by atoms with E-state index >= 15 is 0 Å². The summed E-state index contributed by atoms with van der Waals surface area (Å²) in [6.45, 7) is 1.96. The van der Waals surface area contributed by atoms with E-state index in [1.165, 1.54) is 7.11 Å². The summed E-state index contributed by atoms with van der Waals surface area (Å²) in [6.07, 6.45) is 1.58. The molecule has 1 heterocycles. The third-order valence-corrected chi connectivity index (χ3v) is 6.17. The number of benzene rings is 2. The van der Waals surface area contributed by atoms with Gasteiger partial charge in [-0.1, -0.05) is 15.9 Å². The summed E-state index contributed by atoms with van der Waals surface area (Å²) >= 11 is 7.54. The van der Waals surface area contributed by atoms with Gasteiger partial charge in [0.2, 0.25) is 5.91 Å². The number of methoxy groups -OCH3 is 1. The second kappa shape index (κ2) is 10.3. The Hall–Kier alpha value is -2.30. The average Bonchev–Trinajstić information content (AvgIpc) is 2.98. The number of nitrogens with one attached hydrogen (secondary N) is 1. The molecule has 31 heavy (non-hydrogen) atoms. The van der Waals surface area contributed by atoms with Crippen molar-refractivity contribution in [2.45, 2.75) is 6.92 Å². The van der Waals surface area contributed by atoms with Crippen LogP contribution in [0.4, 0.5) is 10.5 Å². The average molecular weight is 570 g/mol. The van der Waals surface area contributed by atoms with Gasteiger partial charge in [0.15, 0.2) is 11.5 Å². The summed E-state index contributed by atoms with van der Waals surface area (Å²) in [5.74, 6) is 0.0664. The van der Waals surface area contributed by atoms with Crippen LogP contribution in [0, 0.1) is 0 Å². The number of nitrogens with zero attached hydrogens (tertiary/aromatic N) is 1. The van der Waals surface area contributed by atoms with Crippen molar-refractivity contribution in [3.63, 3.8) is 0 Å². The van der Waals surface area contributed by atoms with Crippen molar-refractivity contribution >= 4 is 72.4 Å². The van der Waals surface area contributed by atoms with Crippen LogP contribution in [0.25, 0.3) is 6.08 Å². The van der Waals surface area contributed by atoms with Gasteiger partial charge in [0.1, 0.15) is 6.54 Å². The first-order chi connectivity index (χ1) is 14.8. The maximum atomic E-state index is 12.7. The molecule has 3 amide bonds. The molecule has 1 aliphatic rings. The highest BCUT2D eigenvalue weighted by Crippen LogP contribution is 2.39. The van der Waals surface area contributed by atoms with E-state index in [-0.39, 0.29) is 11.4 Å². The van der Waals surface area contributed by atoms with Gasteiger partial charge in [-0.3, -0.25) is 19.3 Å². The van der Waals surface area contributed by atoms with Gasteiger partial charge in [0.05, 0.1) is 23.1 Å². The minimum absolute atomic E-state index is 0.222. The fourth-order valence-corrected chi connectivity index (χ4v) is 4.45. The first-order valence-electron chi connectivity index (χ1n) is 9.13. The van der Waals surface area contributed by atoms with Crippen LogP contribution in [0.5, 0.6) is 11.5 Å². The summed E-state index contributed by atoms with van der Waals surface area (Å²) in [5, 5.41) is 2.17. The van der Waals surface area contributed by atoms with E-state index in [4.69, 9.17) is 9.47 Å². The number of halogens is 2. The van der Waals surface area contributed by atoms with Crippen molar-refractivity contribution in [2.24, 2.45) is 0 Å². The van der Waals surface area contributed by atoms with Gasteiger partial charge in [0, 0.05) is 10.2 Å². The second-order valence-corrected chi connectivity index (χ2v) is 9.05. The molecule has 1 N–H and O–H groups in total. The molecule has 0 radical (unpaired) electrons. The number of amides is 3. The summed E-state index contributed by atoms with van der Waals surface area (Å²) in [4.78, 5) is 38.5. The Labute approximate surface area is 200 Å². The molecule has 0 aliphatic carbocycles. The molecule has 0 unspecified atom stereocenters. The third kappa shape index (κ3) is 5.69. The van der Waals surface area contributed by atoms with Crippen molar-refractivity contribution in [3.8, 4) is 11.5 Å². The number of hydrogen-bond acceptors (Lipinski definition) is 6. The molecule has 2 aromatic rings. The molecule has 162 valence electrons. The topological polar surface area (TPSA) is 84.9 Å². The van der Waals surface area contributed by atoms with Crippen molar-refractivity contribution in [3.05, 3.63) is 55.8 Å². The van der Waals surface area contributed by atoms with Crippen LogP contribution in [0.3, 0.4) is 0 Å². The molecule has 0 spiro atoms. The Bertz CT molecular complexity index is 1060. The van der Waals surface area contributed by atoms with Crippen LogP contribution in [0.2, 0.25) is 0 Å². The summed E-state index contributed by atoms with van der Waals surface area (Å²) < 4.78 is 12.5. The number of imide groups is 1. The maximum Gasteiger partial charge on any atom is 0.294 e. The number of thioether (sulfide) groups is 1. The number of hydrogen-bond donors (Lipinski definition) is 1. The Morgan fingerprint density at radius 1 is 1.19 bits per heavy atom. The zero-order valence-corrected chi connectivity index (χ0v) is 20.6. The zero-order chi connectivity index (χ0) is 22.5. The monoisotopic (exact) mass is 568 g/mol. The fourth-order valence-electron chi connectivity index (χ4n) is 2.77. The van der Waals surface area contributed by atoms with Crippen LogP contribution in [0.15, 0.2) is 50.2 Å². The van der Waals surface area contributed by atoms with Crippen LogP contribution in [0.1, 0.15) is 12.5 Å². The highest BCUT2D eigenvalue weighted by molar-refractivity contribution is 9.10. The molecule has 1 aliphatic heterocycles. The molecule has 2 aromatic carbocycles. The lowest BCUT2D eigenvalue weighted by atomic mass is 10.2. The lowest BCUT2D eigenvalue weighted by Crippen LogP contribution is -2.36. The van der Waals surface area contributed by atoms with Gasteiger partial charge in [-0.25, -0.2) is 0 Å². The van der Waals surface area contributed by atoms with E-state index in [0.29, 0.717) is 33.8 Å². The zero-order valence-electron chi connectivity index (χ0n) is 16.6. The summed E-state index contributed by atoms with van der Waals surface area (Å²) in [7, 11) is 1.52. The van der Waals surface area contributed by atoms with E-state index in [9.17, 15) is 14.4 Å². The van der Waals surface area contributed by atoms with Gasteiger partial charge in [-0.2, -0.15) is 0 Å². The number of rotatable bonds is 7. The molecule has 3 rings (SSSR count). The maximum absolute atomic E-state index is 12.7. The quantitative estimate of drug-likeness (QED) is 0.456. The van der Waals surface area contributed by atoms with Crippen LogP contribution >= 0.6 is 43.6 Å². The Balaban J connectivity index is 1.75. The predicted octanol–water partition coefficient (Wildman–Crippen LogP) is 5.29. The SMILES string of the molecule is CCOc1c(Br)cc(/C=C2/SC(=O)N(CC(=O)Nc3ccc(Br)cc3)C2=O)cc1OC. The minimum Gasteiger partial charge on any atom is -0.493 e. The third-order valence-electron chi connectivity index (χ3n) is 4.14. The largest absolute Gasteiger partial charge is 0.493 e. The van der Waals surface area contributed by atoms with Gasteiger partial charge < -0.3 is 14.8 Å². The number of carbonyl (C=O) groups is 3.